The molecule has 0 unspecified atom stereocenters. The normalized spacial score (nSPS) is 20.7. The molecule has 0 radical (unpaired) electrons. The average molecular weight is 214 g/mol. The predicted molar refractivity (Wildman–Crippen MR) is 56.2 cm³/mol. The number of carbonyl (C=O) groups excluding carboxylic acids is 2. The van der Waals surface area contributed by atoms with Gasteiger partial charge in [-0.05, 0) is 19.4 Å². The summed E-state index contributed by atoms with van der Waals surface area (Å²) in [5, 5.41) is 8.34. The first kappa shape index (κ1) is 11.8. The second kappa shape index (κ2) is 6.23. The number of piperidine rings is 1. The third kappa shape index (κ3) is 4.64. The second-order valence-corrected chi connectivity index (χ2v) is 3.63. The molecule has 5 N–H and O–H groups in total. The van der Waals surface area contributed by atoms with Crippen molar-refractivity contribution in [3.63, 3.8) is 0 Å². The summed E-state index contributed by atoms with van der Waals surface area (Å²) in [5.41, 5.74) is 4.88. The SMILES string of the molecule is NC(=O)NCCNC(=O)[C@H]1CCCNC1. The fraction of sp³-hybridized carbons (Fsp3) is 0.778. The van der Waals surface area contributed by atoms with Crippen LogP contribution in [0.4, 0.5) is 4.79 Å². The summed E-state index contributed by atoms with van der Waals surface area (Å²) in [5.74, 6) is 0.112. The van der Waals surface area contributed by atoms with Gasteiger partial charge in [0.2, 0.25) is 5.91 Å². The highest BCUT2D eigenvalue weighted by atomic mass is 16.2. The van der Waals surface area contributed by atoms with Crippen LogP contribution in [0.25, 0.3) is 0 Å². The molecular weight excluding hydrogens is 196 g/mol. The third-order valence-corrected chi connectivity index (χ3v) is 2.39. The Hall–Kier alpha value is -1.30. The Bertz CT molecular complexity index is 226. The van der Waals surface area contributed by atoms with Crippen molar-refractivity contribution < 1.29 is 9.59 Å². The summed E-state index contributed by atoms with van der Waals surface area (Å²) in [4.78, 5) is 21.9. The van der Waals surface area contributed by atoms with Crippen molar-refractivity contribution in [3.05, 3.63) is 0 Å². The molecule has 0 saturated carbocycles. The fourth-order valence-corrected chi connectivity index (χ4v) is 1.59. The van der Waals surface area contributed by atoms with Gasteiger partial charge in [0.05, 0.1) is 5.92 Å². The molecule has 86 valence electrons. The van der Waals surface area contributed by atoms with E-state index in [4.69, 9.17) is 5.73 Å². The van der Waals surface area contributed by atoms with E-state index in [0.29, 0.717) is 13.1 Å². The Morgan fingerprint density at radius 3 is 2.67 bits per heavy atom. The molecule has 6 nitrogen and oxygen atoms in total. The van der Waals surface area contributed by atoms with Gasteiger partial charge in [0.25, 0.3) is 0 Å². The Kier molecular flexibility index (Phi) is 4.89. The minimum Gasteiger partial charge on any atom is -0.354 e. The number of amides is 3. The van der Waals surface area contributed by atoms with Gasteiger partial charge in [0.15, 0.2) is 0 Å². The molecule has 0 aromatic heterocycles. The van der Waals surface area contributed by atoms with E-state index in [0.717, 1.165) is 25.9 Å². The summed E-state index contributed by atoms with van der Waals surface area (Å²) >= 11 is 0. The number of nitrogens with one attached hydrogen (secondary N) is 3. The number of hydrogen-bond acceptors (Lipinski definition) is 3. The van der Waals surface area contributed by atoms with E-state index < -0.39 is 6.03 Å². The lowest BCUT2D eigenvalue weighted by atomic mass is 9.99. The molecule has 15 heavy (non-hydrogen) atoms. The van der Waals surface area contributed by atoms with Crippen LogP contribution in [0.5, 0.6) is 0 Å². The van der Waals surface area contributed by atoms with Gasteiger partial charge < -0.3 is 21.7 Å². The minimum atomic E-state index is -0.566. The number of hydrogen-bond donors (Lipinski definition) is 4. The highest BCUT2D eigenvalue weighted by molar-refractivity contribution is 5.79. The maximum absolute atomic E-state index is 11.5. The zero-order valence-corrected chi connectivity index (χ0v) is 8.71. The standard InChI is InChI=1S/C9H18N4O2/c10-9(15)13-5-4-12-8(14)7-2-1-3-11-6-7/h7,11H,1-6H2,(H,12,14)(H3,10,13,15)/t7-/m0/s1. The lowest BCUT2D eigenvalue weighted by molar-refractivity contribution is -0.125. The van der Waals surface area contributed by atoms with Gasteiger partial charge in [-0.1, -0.05) is 0 Å². The van der Waals surface area contributed by atoms with Gasteiger partial charge >= 0.3 is 6.03 Å². The molecule has 1 rings (SSSR count). The van der Waals surface area contributed by atoms with Crippen molar-refractivity contribution in [3.8, 4) is 0 Å². The second-order valence-electron chi connectivity index (χ2n) is 3.63. The minimum absolute atomic E-state index is 0.0495. The Balaban J connectivity index is 2.09. The lowest BCUT2D eigenvalue weighted by Gasteiger charge is -2.21. The Labute approximate surface area is 89.0 Å². The molecule has 1 fully saturated rings. The number of primary amides is 1. The van der Waals surface area contributed by atoms with Crippen LogP contribution in [-0.4, -0.2) is 38.1 Å². The van der Waals surface area contributed by atoms with E-state index in [-0.39, 0.29) is 11.8 Å². The van der Waals surface area contributed by atoms with Crippen LogP contribution in [0.3, 0.4) is 0 Å². The van der Waals surface area contributed by atoms with E-state index >= 15 is 0 Å². The van der Waals surface area contributed by atoms with Crippen molar-refractivity contribution in [1.82, 2.24) is 16.0 Å². The van der Waals surface area contributed by atoms with Gasteiger partial charge in [0, 0.05) is 19.6 Å². The van der Waals surface area contributed by atoms with Crippen LogP contribution in [-0.2, 0) is 4.79 Å². The van der Waals surface area contributed by atoms with Gasteiger partial charge in [-0.15, -0.1) is 0 Å². The van der Waals surface area contributed by atoms with Gasteiger partial charge in [0.1, 0.15) is 0 Å². The van der Waals surface area contributed by atoms with Gasteiger partial charge in [-0.3, -0.25) is 4.79 Å². The molecule has 0 spiro atoms. The molecule has 1 saturated heterocycles. The zero-order valence-electron chi connectivity index (χ0n) is 8.71. The van der Waals surface area contributed by atoms with Gasteiger partial charge in [-0.2, -0.15) is 0 Å². The molecule has 1 aliphatic heterocycles. The van der Waals surface area contributed by atoms with Crippen molar-refractivity contribution in [2.45, 2.75) is 12.8 Å². The maximum atomic E-state index is 11.5. The van der Waals surface area contributed by atoms with E-state index in [9.17, 15) is 9.59 Å². The molecule has 1 atom stereocenters. The third-order valence-electron chi connectivity index (χ3n) is 2.39. The van der Waals surface area contributed by atoms with E-state index in [2.05, 4.69) is 16.0 Å². The van der Waals surface area contributed by atoms with Crippen LogP contribution < -0.4 is 21.7 Å². The molecule has 0 aliphatic carbocycles. The summed E-state index contributed by atoms with van der Waals surface area (Å²) in [6, 6.07) is -0.566. The van der Waals surface area contributed by atoms with Crippen molar-refractivity contribution in [2.24, 2.45) is 11.7 Å². The van der Waals surface area contributed by atoms with E-state index in [1.54, 1.807) is 0 Å². The van der Waals surface area contributed by atoms with E-state index in [1.165, 1.54) is 0 Å². The average Bonchev–Trinajstić information content (AvgIpc) is 2.25. The molecule has 1 heterocycles. The molecule has 0 bridgehead atoms. The summed E-state index contributed by atoms with van der Waals surface area (Å²) in [7, 11) is 0. The fourth-order valence-electron chi connectivity index (χ4n) is 1.59. The molecule has 0 aromatic carbocycles. The van der Waals surface area contributed by atoms with Crippen molar-refractivity contribution in [1.29, 1.82) is 0 Å². The van der Waals surface area contributed by atoms with Crippen LogP contribution in [0, 0.1) is 5.92 Å². The number of nitrogens with two attached hydrogens (primary N) is 1. The van der Waals surface area contributed by atoms with Crippen molar-refractivity contribution in [2.75, 3.05) is 26.2 Å². The van der Waals surface area contributed by atoms with Crippen LogP contribution in [0.1, 0.15) is 12.8 Å². The molecule has 3 amide bonds. The smallest absolute Gasteiger partial charge is 0.312 e. The first-order valence-corrected chi connectivity index (χ1v) is 5.22. The zero-order chi connectivity index (χ0) is 11.1. The first-order chi connectivity index (χ1) is 7.20. The number of urea groups is 1. The Morgan fingerprint density at radius 1 is 1.33 bits per heavy atom. The molecule has 1 aliphatic rings. The predicted octanol–water partition coefficient (Wildman–Crippen LogP) is -1.23. The topological polar surface area (TPSA) is 96.2 Å². The molecule has 0 aromatic rings. The lowest BCUT2D eigenvalue weighted by Crippen LogP contribution is -2.43. The quantitative estimate of drug-likeness (QED) is 0.441. The van der Waals surface area contributed by atoms with Crippen LogP contribution in [0.15, 0.2) is 0 Å². The monoisotopic (exact) mass is 214 g/mol. The summed E-state index contributed by atoms with van der Waals surface area (Å²) < 4.78 is 0. The highest BCUT2D eigenvalue weighted by Gasteiger charge is 2.19. The van der Waals surface area contributed by atoms with Crippen molar-refractivity contribution >= 4 is 11.9 Å². The molecule has 6 heteroatoms. The first-order valence-electron chi connectivity index (χ1n) is 5.22. The number of carbonyl (C=O) groups is 2. The largest absolute Gasteiger partial charge is 0.354 e. The summed E-state index contributed by atoms with van der Waals surface area (Å²) in [6.45, 7) is 2.54. The molecular formula is C9H18N4O2. The maximum Gasteiger partial charge on any atom is 0.312 e. The van der Waals surface area contributed by atoms with E-state index in [1.807, 2.05) is 0 Å². The van der Waals surface area contributed by atoms with Crippen LogP contribution in [0.2, 0.25) is 0 Å². The Morgan fingerprint density at radius 2 is 2.07 bits per heavy atom. The van der Waals surface area contributed by atoms with Crippen LogP contribution >= 0.6 is 0 Å². The van der Waals surface area contributed by atoms with Gasteiger partial charge in [-0.25, -0.2) is 4.79 Å². The number of rotatable bonds is 4. The highest BCUT2D eigenvalue weighted by Crippen LogP contribution is 2.09. The summed E-state index contributed by atoms with van der Waals surface area (Å²) in [6.07, 6.45) is 1.97.